The molecule has 114 valence electrons. The summed E-state index contributed by atoms with van der Waals surface area (Å²) < 4.78 is 10.9. The van der Waals surface area contributed by atoms with Crippen molar-refractivity contribution >= 4 is 28.3 Å². The number of hydrogen-bond donors (Lipinski definition) is 1. The fourth-order valence-electron chi connectivity index (χ4n) is 2.38. The summed E-state index contributed by atoms with van der Waals surface area (Å²) in [6, 6.07) is 3.82. The van der Waals surface area contributed by atoms with Crippen molar-refractivity contribution in [2.24, 2.45) is 0 Å². The van der Waals surface area contributed by atoms with Gasteiger partial charge in [0, 0.05) is 18.0 Å². The molecule has 0 radical (unpaired) electrons. The molecular weight excluding hydrogens is 288 g/mol. The molecule has 0 fully saturated rings. The molecule has 5 heteroatoms. The van der Waals surface area contributed by atoms with E-state index in [0.29, 0.717) is 22.4 Å². The van der Waals surface area contributed by atoms with E-state index in [1.165, 1.54) is 0 Å². The molecule has 0 amide bonds. The molecule has 0 atom stereocenters. The van der Waals surface area contributed by atoms with Crippen molar-refractivity contribution in [3.05, 3.63) is 22.7 Å². The maximum atomic E-state index is 6.27. The fraction of sp³-hybridized carbons (Fsp3) is 0.438. The number of benzene rings is 1. The largest absolute Gasteiger partial charge is 0.494 e. The third-order valence-electron chi connectivity index (χ3n) is 3.40. The van der Waals surface area contributed by atoms with E-state index in [-0.39, 0.29) is 0 Å². The van der Waals surface area contributed by atoms with Gasteiger partial charge in [0.25, 0.3) is 0 Å². The van der Waals surface area contributed by atoms with Crippen LogP contribution in [-0.4, -0.2) is 25.7 Å². The van der Waals surface area contributed by atoms with Crippen LogP contribution in [0.2, 0.25) is 5.02 Å². The Hall–Kier alpha value is -1.68. The zero-order valence-electron chi connectivity index (χ0n) is 13.1. The lowest BCUT2D eigenvalue weighted by atomic mass is 10.0. The van der Waals surface area contributed by atoms with Gasteiger partial charge in [0.1, 0.15) is 22.8 Å². The molecule has 0 saturated heterocycles. The van der Waals surface area contributed by atoms with E-state index in [1.54, 1.807) is 20.3 Å². The van der Waals surface area contributed by atoms with Crippen molar-refractivity contribution in [2.45, 2.75) is 26.7 Å². The average Bonchev–Trinajstić information content (AvgIpc) is 2.46. The molecule has 0 aliphatic carbocycles. The lowest BCUT2D eigenvalue weighted by Gasteiger charge is -2.17. The highest BCUT2D eigenvalue weighted by Gasteiger charge is 2.18. The number of hydrogen-bond acceptors (Lipinski definition) is 4. The number of anilines is 1. The van der Waals surface area contributed by atoms with Crippen LogP contribution in [0.1, 0.15) is 32.3 Å². The van der Waals surface area contributed by atoms with Crippen LogP contribution in [0.15, 0.2) is 12.1 Å². The topological polar surface area (TPSA) is 43.4 Å². The van der Waals surface area contributed by atoms with Crippen molar-refractivity contribution < 1.29 is 9.47 Å². The van der Waals surface area contributed by atoms with Crippen molar-refractivity contribution in [3.63, 3.8) is 0 Å². The van der Waals surface area contributed by atoms with E-state index in [1.807, 2.05) is 0 Å². The molecule has 2 rings (SSSR count). The zero-order chi connectivity index (χ0) is 15.6. The van der Waals surface area contributed by atoms with Crippen LogP contribution in [0.4, 0.5) is 5.82 Å². The first-order valence-electron chi connectivity index (χ1n) is 7.02. The van der Waals surface area contributed by atoms with Crippen LogP contribution >= 0.6 is 11.6 Å². The maximum Gasteiger partial charge on any atom is 0.147 e. The molecule has 1 N–H and O–H groups in total. The van der Waals surface area contributed by atoms with Crippen LogP contribution in [-0.2, 0) is 0 Å². The van der Waals surface area contributed by atoms with Crippen LogP contribution in [0, 0.1) is 0 Å². The molecule has 0 aliphatic heterocycles. The zero-order valence-corrected chi connectivity index (χ0v) is 13.8. The van der Waals surface area contributed by atoms with Crippen LogP contribution in [0.25, 0.3) is 10.9 Å². The SMILES string of the molecule is CCNc1nc2c(OC)cc(Cl)c(OC)c2cc1C(C)C. The highest BCUT2D eigenvalue weighted by molar-refractivity contribution is 6.33. The van der Waals surface area contributed by atoms with E-state index < -0.39 is 0 Å². The molecule has 21 heavy (non-hydrogen) atoms. The van der Waals surface area contributed by atoms with Gasteiger partial charge in [0.15, 0.2) is 0 Å². The molecule has 4 nitrogen and oxygen atoms in total. The van der Waals surface area contributed by atoms with Crippen LogP contribution in [0.5, 0.6) is 11.5 Å². The summed E-state index contributed by atoms with van der Waals surface area (Å²) in [5, 5.41) is 4.70. The Balaban J connectivity index is 2.84. The normalized spacial score (nSPS) is 11.0. The smallest absolute Gasteiger partial charge is 0.147 e. The highest BCUT2D eigenvalue weighted by Crippen LogP contribution is 2.41. The predicted octanol–water partition coefficient (Wildman–Crippen LogP) is 4.46. The molecule has 0 spiro atoms. The molecule has 0 saturated carbocycles. The van der Waals surface area contributed by atoms with E-state index in [9.17, 15) is 0 Å². The van der Waals surface area contributed by atoms with Crippen molar-refractivity contribution in [2.75, 3.05) is 26.1 Å². The Kier molecular flexibility index (Phi) is 4.78. The van der Waals surface area contributed by atoms with Gasteiger partial charge in [-0.15, -0.1) is 0 Å². The first-order valence-corrected chi connectivity index (χ1v) is 7.40. The summed E-state index contributed by atoms with van der Waals surface area (Å²) in [7, 11) is 3.23. The molecule has 0 aliphatic rings. The predicted molar refractivity (Wildman–Crippen MR) is 88.1 cm³/mol. The molecule has 0 bridgehead atoms. The lowest BCUT2D eigenvalue weighted by molar-refractivity contribution is 0.410. The summed E-state index contributed by atoms with van der Waals surface area (Å²) in [6.45, 7) is 7.14. The van der Waals surface area contributed by atoms with Crippen molar-refractivity contribution in [1.82, 2.24) is 4.98 Å². The number of aromatic nitrogens is 1. The number of nitrogens with one attached hydrogen (secondary N) is 1. The molecule has 0 unspecified atom stereocenters. The van der Waals surface area contributed by atoms with Gasteiger partial charge in [-0.25, -0.2) is 4.98 Å². The number of fused-ring (bicyclic) bond motifs is 1. The Labute approximate surface area is 130 Å². The molecule has 2 aromatic rings. The summed E-state index contributed by atoms with van der Waals surface area (Å²) >= 11 is 6.27. The number of ether oxygens (including phenoxy) is 2. The Morgan fingerprint density at radius 3 is 2.48 bits per heavy atom. The Morgan fingerprint density at radius 2 is 1.95 bits per heavy atom. The second-order valence-electron chi connectivity index (χ2n) is 5.10. The van der Waals surface area contributed by atoms with E-state index in [4.69, 9.17) is 26.1 Å². The van der Waals surface area contributed by atoms with E-state index in [0.717, 1.165) is 28.8 Å². The number of halogens is 1. The van der Waals surface area contributed by atoms with Gasteiger partial charge in [-0.3, -0.25) is 0 Å². The van der Waals surface area contributed by atoms with Gasteiger partial charge in [-0.1, -0.05) is 25.4 Å². The van der Waals surface area contributed by atoms with Gasteiger partial charge >= 0.3 is 0 Å². The second kappa shape index (κ2) is 6.39. The number of methoxy groups -OCH3 is 2. The quantitative estimate of drug-likeness (QED) is 0.885. The first-order chi connectivity index (χ1) is 10.0. The molecule has 1 aromatic heterocycles. The minimum absolute atomic E-state index is 0.339. The molecule has 1 aromatic carbocycles. The lowest BCUT2D eigenvalue weighted by Crippen LogP contribution is -2.06. The minimum Gasteiger partial charge on any atom is -0.494 e. The third-order valence-corrected chi connectivity index (χ3v) is 3.68. The van der Waals surface area contributed by atoms with Crippen LogP contribution < -0.4 is 14.8 Å². The fourth-order valence-corrected chi connectivity index (χ4v) is 2.66. The maximum absolute atomic E-state index is 6.27. The number of pyridine rings is 1. The second-order valence-corrected chi connectivity index (χ2v) is 5.51. The third kappa shape index (κ3) is 2.86. The van der Waals surface area contributed by atoms with Crippen LogP contribution in [0.3, 0.4) is 0 Å². The van der Waals surface area contributed by atoms with Gasteiger partial charge in [-0.05, 0) is 24.5 Å². The minimum atomic E-state index is 0.339. The molecular formula is C16H21ClN2O2. The van der Waals surface area contributed by atoms with Crippen molar-refractivity contribution in [3.8, 4) is 11.5 Å². The summed E-state index contributed by atoms with van der Waals surface area (Å²) in [4.78, 5) is 4.73. The number of rotatable bonds is 5. The first kappa shape index (κ1) is 15.7. The number of nitrogens with zero attached hydrogens (tertiary/aromatic N) is 1. The van der Waals surface area contributed by atoms with E-state index in [2.05, 4.69) is 32.2 Å². The van der Waals surface area contributed by atoms with Gasteiger partial charge in [0.05, 0.1) is 19.2 Å². The molecule has 1 heterocycles. The van der Waals surface area contributed by atoms with Gasteiger partial charge in [-0.2, -0.15) is 0 Å². The van der Waals surface area contributed by atoms with Gasteiger partial charge < -0.3 is 14.8 Å². The van der Waals surface area contributed by atoms with Gasteiger partial charge in [0.2, 0.25) is 0 Å². The summed E-state index contributed by atoms with van der Waals surface area (Å²) in [6.07, 6.45) is 0. The monoisotopic (exact) mass is 308 g/mol. The summed E-state index contributed by atoms with van der Waals surface area (Å²) in [5.74, 6) is 2.49. The van der Waals surface area contributed by atoms with E-state index >= 15 is 0 Å². The Morgan fingerprint density at radius 1 is 1.24 bits per heavy atom. The van der Waals surface area contributed by atoms with Crippen molar-refractivity contribution in [1.29, 1.82) is 0 Å². The Bertz CT molecular complexity index is 657. The summed E-state index contributed by atoms with van der Waals surface area (Å²) in [5.41, 5.74) is 1.88. The standard InChI is InChI=1S/C16H21ClN2O2/c1-6-18-16-10(9(2)3)7-11-14(19-16)13(20-4)8-12(17)15(11)21-5/h7-9H,6H2,1-5H3,(H,18,19). The highest BCUT2D eigenvalue weighted by atomic mass is 35.5. The average molecular weight is 309 g/mol.